The van der Waals surface area contributed by atoms with E-state index in [1.54, 1.807) is 0 Å². The van der Waals surface area contributed by atoms with Crippen molar-refractivity contribution in [3.05, 3.63) is 29.3 Å². The predicted octanol–water partition coefficient (Wildman–Crippen LogP) is 4.07. The Morgan fingerprint density at radius 3 is 2.18 bits per heavy atom. The summed E-state index contributed by atoms with van der Waals surface area (Å²) in [7, 11) is -4.78. The highest BCUT2D eigenvalue weighted by molar-refractivity contribution is 7.86. The summed E-state index contributed by atoms with van der Waals surface area (Å²) in [6, 6.07) is 3.04. The van der Waals surface area contributed by atoms with Gasteiger partial charge in [-0.1, -0.05) is 25.7 Å². The first-order valence-electron chi connectivity index (χ1n) is 9.81. The molecule has 1 aromatic carbocycles. The molecule has 7 nitrogen and oxygen atoms in total. The Bertz CT molecular complexity index is 847. The van der Waals surface area contributed by atoms with Gasteiger partial charge in [-0.25, -0.2) is 9.59 Å². The molecule has 2 aliphatic rings. The molecule has 1 aromatic rings. The molecule has 3 rings (SSSR count). The normalized spacial score (nSPS) is 20.5. The standard InChI is InChI=1S/C20H26O7S/c21-18(22)14-9-10-16(17(13-14)28(24,25)26)19(23)27-20(11-5-2-6-12-20)15-7-3-1-4-8-15/h9-10,13,15H,1-8,11-12H2,(H,21,22)(H,24,25,26). The van der Waals surface area contributed by atoms with Gasteiger partial charge in [0.05, 0.1) is 11.1 Å². The molecular formula is C20H26O7S. The molecule has 28 heavy (non-hydrogen) atoms. The summed E-state index contributed by atoms with van der Waals surface area (Å²) >= 11 is 0. The van der Waals surface area contributed by atoms with Crippen LogP contribution in [0.5, 0.6) is 0 Å². The van der Waals surface area contributed by atoms with Gasteiger partial charge in [0.1, 0.15) is 10.5 Å². The minimum Gasteiger partial charge on any atom is -0.478 e. The molecule has 0 spiro atoms. The average molecular weight is 410 g/mol. The van der Waals surface area contributed by atoms with Crippen LogP contribution in [0, 0.1) is 5.92 Å². The molecule has 2 saturated carbocycles. The first-order valence-corrected chi connectivity index (χ1v) is 11.3. The second-order valence-corrected chi connectivity index (χ2v) is 9.23. The van der Waals surface area contributed by atoms with Crippen molar-refractivity contribution in [3.8, 4) is 0 Å². The molecule has 0 bridgehead atoms. The van der Waals surface area contributed by atoms with Crippen LogP contribution in [0.15, 0.2) is 23.1 Å². The van der Waals surface area contributed by atoms with Crippen molar-refractivity contribution >= 4 is 22.1 Å². The van der Waals surface area contributed by atoms with Crippen LogP contribution in [0.4, 0.5) is 0 Å². The molecule has 0 heterocycles. The Morgan fingerprint density at radius 2 is 1.61 bits per heavy atom. The fraction of sp³-hybridized carbons (Fsp3) is 0.600. The van der Waals surface area contributed by atoms with Gasteiger partial charge in [0, 0.05) is 0 Å². The van der Waals surface area contributed by atoms with Crippen LogP contribution in [0.3, 0.4) is 0 Å². The summed E-state index contributed by atoms with van der Waals surface area (Å²) < 4.78 is 39.0. The molecule has 2 N–H and O–H groups in total. The molecule has 0 saturated heterocycles. The maximum absolute atomic E-state index is 13.0. The van der Waals surface area contributed by atoms with E-state index in [0.717, 1.165) is 76.0 Å². The lowest BCUT2D eigenvalue weighted by Gasteiger charge is -2.44. The van der Waals surface area contributed by atoms with Gasteiger partial charge < -0.3 is 9.84 Å². The number of rotatable bonds is 5. The first kappa shape index (κ1) is 20.8. The highest BCUT2D eigenvalue weighted by Crippen LogP contribution is 2.44. The third-order valence-electron chi connectivity index (χ3n) is 6.07. The van der Waals surface area contributed by atoms with Crippen LogP contribution in [-0.2, 0) is 14.9 Å². The lowest BCUT2D eigenvalue weighted by molar-refractivity contribution is -0.0817. The Hall–Kier alpha value is -1.93. The van der Waals surface area contributed by atoms with Crippen LogP contribution < -0.4 is 0 Å². The molecule has 0 aliphatic heterocycles. The molecule has 0 aromatic heterocycles. The van der Waals surface area contributed by atoms with E-state index in [9.17, 15) is 22.6 Å². The lowest BCUT2D eigenvalue weighted by Crippen LogP contribution is -2.45. The number of hydrogen-bond acceptors (Lipinski definition) is 5. The number of carbonyl (C=O) groups excluding carboxylic acids is 1. The third-order valence-corrected chi connectivity index (χ3v) is 6.97. The van der Waals surface area contributed by atoms with Crippen molar-refractivity contribution in [3.63, 3.8) is 0 Å². The molecule has 2 aliphatic carbocycles. The van der Waals surface area contributed by atoms with Crippen molar-refractivity contribution in [2.75, 3.05) is 0 Å². The summed E-state index contributed by atoms with van der Waals surface area (Å²) in [5, 5.41) is 9.08. The minimum absolute atomic E-state index is 0.248. The van der Waals surface area contributed by atoms with Crippen molar-refractivity contribution in [1.82, 2.24) is 0 Å². The molecule has 0 amide bonds. The van der Waals surface area contributed by atoms with Gasteiger partial charge in [-0.2, -0.15) is 8.42 Å². The maximum atomic E-state index is 13.0. The van der Waals surface area contributed by atoms with Gasteiger partial charge in [0.15, 0.2) is 0 Å². The van der Waals surface area contributed by atoms with Crippen LogP contribution in [0.25, 0.3) is 0 Å². The predicted molar refractivity (Wildman–Crippen MR) is 101 cm³/mol. The second-order valence-electron chi connectivity index (χ2n) is 7.84. The number of carboxylic acid groups (broad SMARTS) is 1. The SMILES string of the molecule is O=C(O)c1ccc(C(=O)OC2(C3CCCCC3)CCCCC2)c(S(=O)(=O)O)c1. The summed E-state index contributed by atoms with van der Waals surface area (Å²) in [4.78, 5) is 23.4. The highest BCUT2D eigenvalue weighted by atomic mass is 32.2. The van der Waals surface area contributed by atoms with Gasteiger partial charge in [0.2, 0.25) is 0 Å². The van der Waals surface area contributed by atoms with E-state index in [-0.39, 0.29) is 17.0 Å². The molecule has 8 heteroatoms. The molecule has 0 radical (unpaired) electrons. The zero-order valence-corrected chi connectivity index (χ0v) is 16.5. The Kier molecular flexibility index (Phi) is 6.09. The number of carboxylic acids is 1. The molecule has 0 unspecified atom stereocenters. The molecule has 2 fully saturated rings. The van der Waals surface area contributed by atoms with E-state index < -0.39 is 32.6 Å². The Morgan fingerprint density at radius 1 is 1.00 bits per heavy atom. The van der Waals surface area contributed by atoms with E-state index in [0.29, 0.717) is 0 Å². The van der Waals surface area contributed by atoms with Crippen molar-refractivity contribution < 1.29 is 32.4 Å². The molecule has 0 atom stereocenters. The number of esters is 1. The average Bonchev–Trinajstić information content (AvgIpc) is 2.68. The monoisotopic (exact) mass is 410 g/mol. The van der Waals surface area contributed by atoms with Gasteiger partial charge in [-0.3, -0.25) is 4.55 Å². The second kappa shape index (κ2) is 8.21. The zero-order chi connectivity index (χ0) is 20.4. The number of hydrogen-bond donors (Lipinski definition) is 2. The van der Waals surface area contributed by atoms with Crippen molar-refractivity contribution in [2.45, 2.75) is 74.7 Å². The van der Waals surface area contributed by atoms with Gasteiger partial charge >= 0.3 is 11.9 Å². The Balaban J connectivity index is 1.95. The lowest BCUT2D eigenvalue weighted by atomic mass is 9.69. The van der Waals surface area contributed by atoms with E-state index in [1.165, 1.54) is 6.42 Å². The number of carbonyl (C=O) groups is 2. The van der Waals surface area contributed by atoms with E-state index in [1.807, 2.05) is 0 Å². The zero-order valence-electron chi connectivity index (χ0n) is 15.7. The minimum atomic E-state index is -4.78. The van der Waals surface area contributed by atoms with Crippen molar-refractivity contribution in [1.29, 1.82) is 0 Å². The van der Waals surface area contributed by atoms with Gasteiger partial charge in [-0.15, -0.1) is 0 Å². The van der Waals surface area contributed by atoms with E-state index >= 15 is 0 Å². The Labute approximate surface area is 164 Å². The quantitative estimate of drug-likeness (QED) is 0.555. The first-order chi connectivity index (χ1) is 13.2. The van der Waals surface area contributed by atoms with E-state index in [4.69, 9.17) is 9.84 Å². The smallest absolute Gasteiger partial charge is 0.340 e. The van der Waals surface area contributed by atoms with E-state index in [2.05, 4.69) is 0 Å². The fourth-order valence-corrected chi connectivity index (χ4v) is 5.35. The van der Waals surface area contributed by atoms with Crippen LogP contribution >= 0.6 is 0 Å². The summed E-state index contributed by atoms with van der Waals surface area (Å²) in [6.45, 7) is 0. The number of aromatic carboxylic acids is 1. The topological polar surface area (TPSA) is 118 Å². The fourth-order valence-electron chi connectivity index (χ4n) is 4.65. The largest absolute Gasteiger partial charge is 0.478 e. The molecule has 154 valence electrons. The summed E-state index contributed by atoms with van der Waals surface area (Å²) in [5.74, 6) is -1.93. The highest BCUT2D eigenvalue weighted by Gasteiger charge is 2.44. The molecular weight excluding hydrogens is 384 g/mol. The third kappa shape index (κ3) is 4.38. The van der Waals surface area contributed by atoms with Gasteiger partial charge in [0.25, 0.3) is 10.1 Å². The van der Waals surface area contributed by atoms with Crippen molar-refractivity contribution in [2.24, 2.45) is 5.92 Å². The summed E-state index contributed by atoms with van der Waals surface area (Å²) in [5.41, 5.74) is -1.27. The van der Waals surface area contributed by atoms with Gasteiger partial charge in [-0.05, 0) is 62.6 Å². The van der Waals surface area contributed by atoms with Crippen LogP contribution in [0.2, 0.25) is 0 Å². The number of ether oxygens (including phenoxy) is 1. The summed E-state index contributed by atoms with van der Waals surface area (Å²) in [6.07, 6.45) is 9.79. The van der Waals surface area contributed by atoms with Crippen LogP contribution in [-0.4, -0.2) is 35.6 Å². The maximum Gasteiger partial charge on any atom is 0.340 e. The number of benzene rings is 1. The van der Waals surface area contributed by atoms with Crippen LogP contribution in [0.1, 0.15) is 84.9 Å².